The Bertz CT molecular complexity index is 890. The summed E-state index contributed by atoms with van der Waals surface area (Å²) in [6.07, 6.45) is 1.73. The first-order valence-electron chi connectivity index (χ1n) is 8.23. The molecule has 134 valence electrons. The molecule has 26 heavy (non-hydrogen) atoms. The Labute approximate surface area is 161 Å². The Morgan fingerprint density at radius 3 is 2.54 bits per heavy atom. The third kappa shape index (κ3) is 4.32. The maximum absolute atomic E-state index is 12.6. The summed E-state index contributed by atoms with van der Waals surface area (Å²) in [5, 5.41) is 4.13. The molecule has 0 aliphatic rings. The normalized spacial score (nSPS) is 10.6. The van der Waals surface area contributed by atoms with E-state index < -0.39 is 0 Å². The van der Waals surface area contributed by atoms with Crippen LogP contribution in [0.15, 0.2) is 65.3 Å². The van der Waals surface area contributed by atoms with Crippen molar-refractivity contribution in [3.63, 3.8) is 0 Å². The third-order valence-electron chi connectivity index (χ3n) is 4.10. The van der Waals surface area contributed by atoms with Gasteiger partial charge in [-0.05, 0) is 51.8 Å². The van der Waals surface area contributed by atoms with E-state index in [-0.39, 0.29) is 5.91 Å². The van der Waals surface area contributed by atoms with Gasteiger partial charge in [-0.15, -0.1) is 0 Å². The first-order chi connectivity index (χ1) is 12.5. The fraction of sp³-hybridized carbons (Fsp3) is 0.200. The number of benzene rings is 2. The smallest absolute Gasteiger partial charge is 0.253 e. The first-order valence-corrected chi connectivity index (χ1v) is 9.02. The van der Waals surface area contributed by atoms with E-state index in [1.807, 2.05) is 61.6 Å². The lowest BCUT2D eigenvalue weighted by Gasteiger charge is -2.17. The summed E-state index contributed by atoms with van der Waals surface area (Å²) in [6, 6.07) is 17.1. The number of hydrogen-bond acceptors (Lipinski definition) is 3. The number of amides is 1. The maximum atomic E-state index is 12.6. The largest absolute Gasteiger partial charge is 0.488 e. The van der Waals surface area contributed by atoms with Crippen LogP contribution in [-0.2, 0) is 20.2 Å². The first kappa shape index (κ1) is 18.2. The van der Waals surface area contributed by atoms with Crippen LogP contribution < -0.4 is 4.74 Å². The zero-order valence-electron chi connectivity index (χ0n) is 14.7. The highest BCUT2D eigenvalue weighted by atomic mass is 79.9. The van der Waals surface area contributed by atoms with Crippen molar-refractivity contribution in [2.75, 3.05) is 7.05 Å². The van der Waals surface area contributed by atoms with Gasteiger partial charge in [0.05, 0.1) is 16.7 Å². The second-order valence-electron chi connectivity index (χ2n) is 6.02. The SMILES string of the molecule is CN(Cc1ccnn1C)C(=O)c1ccc(COc2ccccc2Br)cc1. The standard InChI is InChI=1S/C20H20BrN3O2/c1-23(13-17-11-12-22-24(17)2)20(25)16-9-7-15(8-10-16)14-26-19-6-4-3-5-18(19)21/h3-12H,13-14H2,1-2H3. The number of carbonyl (C=O) groups is 1. The molecule has 0 aliphatic heterocycles. The molecule has 0 saturated heterocycles. The van der Waals surface area contributed by atoms with E-state index in [4.69, 9.17) is 4.74 Å². The lowest BCUT2D eigenvalue weighted by atomic mass is 10.1. The van der Waals surface area contributed by atoms with Gasteiger partial charge < -0.3 is 9.64 Å². The molecule has 2 aromatic carbocycles. The highest BCUT2D eigenvalue weighted by Gasteiger charge is 2.13. The summed E-state index contributed by atoms with van der Waals surface area (Å²) in [4.78, 5) is 14.3. The lowest BCUT2D eigenvalue weighted by Crippen LogP contribution is -2.27. The highest BCUT2D eigenvalue weighted by molar-refractivity contribution is 9.10. The monoisotopic (exact) mass is 413 g/mol. The van der Waals surface area contributed by atoms with Gasteiger partial charge in [0.15, 0.2) is 0 Å². The summed E-state index contributed by atoms with van der Waals surface area (Å²) in [6.45, 7) is 0.962. The topological polar surface area (TPSA) is 47.4 Å². The van der Waals surface area contributed by atoms with Crippen molar-refractivity contribution in [3.05, 3.63) is 82.1 Å². The van der Waals surface area contributed by atoms with Crippen LogP contribution in [0.3, 0.4) is 0 Å². The Morgan fingerprint density at radius 2 is 1.88 bits per heavy atom. The number of nitrogens with zero attached hydrogens (tertiary/aromatic N) is 3. The van der Waals surface area contributed by atoms with Crippen LogP contribution in [0.25, 0.3) is 0 Å². The van der Waals surface area contributed by atoms with Gasteiger partial charge in [0, 0.05) is 25.9 Å². The van der Waals surface area contributed by atoms with Crippen molar-refractivity contribution in [1.29, 1.82) is 0 Å². The van der Waals surface area contributed by atoms with Gasteiger partial charge in [-0.25, -0.2) is 0 Å². The molecule has 0 radical (unpaired) electrons. The molecule has 6 heteroatoms. The number of halogens is 1. The molecule has 0 saturated carbocycles. The van der Waals surface area contributed by atoms with Crippen LogP contribution >= 0.6 is 15.9 Å². The quantitative estimate of drug-likeness (QED) is 0.612. The second kappa shape index (κ2) is 8.19. The van der Waals surface area contributed by atoms with Crippen LogP contribution in [0.5, 0.6) is 5.75 Å². The lowest BCUT2D eigenvalue weighted by molar-refractivity contribution is 0.0782. The molecule has 0 fully saturated rings. The number of ether oxygens (including phenoxy) is 1. The summed E-state index contributed by atoms with van der Waals surface area (Å²) in [5.41, 5.74) is 2.64. The van der Waals surface area contributed by atoms with Crippen LogP contribution in [0, 0.1) is 0 Å². The average Bonchev–Trinajstić information content (AvgIpc) is 3.05. The van der Waals surface area contributed by atoms with Gasteiger partial charge in [0.2, 0.25) is 0 Å². The van der Waals surface area contributed by atoms with Gasteiger partial charge in [0.1, 0.15) is 12.4 Å². The Hall–Kier alpha value is -2.60. The van der Waals surface area contributed by atoms with E-state index >= 15 is 0 Å². The predicted molar refractivity (Wildman–Crippen MR) is 104 cm³/mol. The molecule has 3 aromatic rings. The highest BCUT2D eigenvalue weighted by Crippen LogP contribution is 2.24. The minimum Gasteiger partial charge on any atom is -0.488 e. The number of aromatic nitrogens is 2. The van der Waals surface area contributed by atoms with Crippen molar-refractivity contribution in [1.82, 2.24) is 14.7 Å². The summed E-state index contributed by atoms with van der Waals surface area (Å²) in [5.74, 6) is 0.771. The predicted octanol–water partition coefficient (Wildman–Crippen LogP) is 4.03. The molecule has 0 N–H and O–H groups in total. The molecule has 1 amide bonds. The third-order valence-corrected chi connectivity index (χ3v) is 4.76. The van der Waals surface area contributed by atoms with Crippen molar-refractivity contribution in [2.45, 2.75) is 13.2 Å². The number of carbonyl (C=O) groups excluding carboxylic acids is 1. The van der Waals surface area contributed by atoms with Crippen molar-refractivity contribution < 1.29 is 9.53 Å². The van der Waals surface area contributed by atoms with E-state index in [0.717, 1.165) is 21.5 Å². The van der Waals surface area contributed by atoms with Crippen molar-refractivity contribution in [3.8, 4) is 5.75 Å². The number of para-hydroxylation sites is 1. The van der Waals surface area contributed by atoms with Crippen LogP contribution in [0.1, 0.15) is 21.6 Å². The minimum absolute atomic E-state index is 0.0236. The van der Waals surface area contributed by atoms with Gasteiger partial charge >= 0.3 is 0 Å². The van der Waals surface area contributed by atoms with Gasteiger partial charge in [-0.3, -0.25) is 9.48 Å². The summed E-state index contributed by atoms with van der Waals surface area (Å²) in [7, 11) is 3.66. The molecule has 1 heterocycles. The molecule has 5 nitrogen and oxygen atoms in total. The maximum Gasteiger partial charge on any atom is 0.253 e. The van der Waals surface area contributed by atoms with E-state index in [1.54, 1.807) is 22.8 Å². The Morgan fingerprint density at radius 1 is 1.15 bits per heavy atom. The fourth-order valence-corrected chi connectivity index (χ4v) is 2.96. The zero-order chi connectivity index (χ0) is 18.5. The Balaban J connectivity index is 1.60. The zero-order valence-corrected chi connectivity index (χ0v) is 16.3. The molecule has 0 unspecified atom stereocenters. The van der Waals surface area contributed by atoms with Gasteiger partial charge in [-0.1, -0.05) is 24.3 Å². The summed E-state index contributed by atoms with van der Waals surface area (Å²) < 4.78 is 8.49. The number of hydrogen-bond donors (Lipinski definition) is 0. The number of aryl methyl sites for hydroxylation is 1. The van der Waals surface area contributed by atoms with Gasteiger partial charge in [-0.2, -0.15) is 5.10 Å². The number of rotatable bonds is 6. The molecule has 3 rings (SSSR count). The fourth-order valence-electron chi connectivity index (χ4n) is 2.56. The van der Waals surface area contributed by atoms with Crippen molar-refractivity contribution in [2.24, 2.45) is 7.05 Å². The second-order valence-corrected chi connectivity index (χ2v) is 6.88. The minimum atomic E-state index is -0.0236. The van der Waals surface area contributed by atoms with E-state index in [2.05, 4.69) is 21.0 Å². The summed E-state index contributed by atoms with van der Waals surface area (Å²) >= 11 is 3.46. The van der Waals surface area contributed by atoms with Crippen molar-refractivity contribution >= 4 is 21.8 Å². The molecular formula is C20H20BrN3O2. The molecule has 1 aromatic heterocycles. The van der Waals surface area contributed by atoms with Crippen LogP contribution in [0.4, 0.5) is 0 Å². The molecule has 0 atom stereocenters. The van der Waals surface area contributed by atoms with Crippen LogP contribution in [-0.4, -0.2) is 27.6 Å². The van der Waals surface area contributed by atoms with E-state index in [0.29, 0.717) is 18.7 Å². The van der Waals surface area contributed by atoms with E-state index in [9.17, 15) is 4.79 Å². The molecule has 0 aliphatic carbocycles. The van der Waals surface area contributed by atoms with Gasteiger partial charge in [0.25, 0.3) is 5.91 Å². The van der Waals surface area contributed by atoms with Crippen LogP contribution in [0.2, 0.25) is 0 Å². The molecular weight excluding hydrogens is 394 g/mol. The molecule has 0 spiro atoms. The molecule has 0 bridgehead atoms. The Kier molecular flexibility index (Phi) is 5.73. The average molecular weight is 414 g/mol. The van der Waals surface area contributed by atoms with E-state index in [1.165, 1.54) is 0 Å².